The highest BCUT2D eigenvalue weighted by atomic mass is 16.3. The summed E-state index contributed by atoms with van der Waals surface area (Å²) in [6, 6.07) is 46.8. The number of fused-ring (bicyclic) bond motifs is 12. The van der Waals surface area contributed by atoms with Crippen LogP contribution in [0.25, 0.3) is 82.1 Å². The van der Waals surface area contributed by atoms with Gasteiger partial charge in [0.15, 0.2) is 0 Å². The number of nitrogens with zero attached hydrogens (tertiary/aromatic N) is 1. The molecule has 2 heterocycles. The van der Waals surface area contributed by atoms with Crippen molar-refractivity contribution in [3.05, 3.63) is 139 Å². The standard InChI is InChI=1S/C41H27NO/c1-41(2)34-22-38-32(20-30(34)31-21-33-29-16-8-10-18-39(29)43-40(33)23-35(31)41)28-15-7-9-17-36(28)42(38)37-19-24-11-3-4-12-25(24)26-13-5-6-14-27(26)37/h3-23H,1-2H3. The molecular formula is C41H27NO. The lowest BCUT2D eigenvalue weighted by Crippen LogP contribution is -2.15. The highest BCUT2D eigenvalue weighted by Crippen LogP contribution is 2.53. The van der Waals surface area contributed by atoms with Gasteiger partial charge < -0.3 is 8.98 Å². The number of aromatic nitrogens is 1. The highest BCUT2D eigenvalue weighted by molar-refractivity contribution is 6.16. The number of furan rings is 1. The van der Waals surface area contributed by atoms with Gasteiger partial charge in [0.2, 0.25) is 0 Å². The normalized spacial score (nSPS) is 14.0. The van der Waals surface area contributed by atoms with Crippen molar-refractivity contribution in [2.75, 3.05) is 0 Å². The molecule has 0 unspecified atom stereocenters. The van der Waals surface area contributed by atoms with Crippen molar-refractivity contribution in [1.29, 1.82) is 0 Å². The van der Waals surface area contributed by atoms with Crippen molar-refractivity contribution in [1.82, 2.24) is 4.57 Å². The lowest BCUT2D eigenvalue weighted by atomic mass is 9.82. The summed E-state index contributed by atoms with van der Waals surface area (Å²) >= 11 is 0. The van der Waals surface area contributed by atoms with Crippen LogP contribution < -0.4 is 0 Å². The number of hydrogen-bond donors (Lipinski definition) is 0. The van der Waals surface area contributed by atoms with Gasteiger partial charge in [-0.3, -0.25) is 0 Å². The quantitative estimate of drug-likeness (QED) is 0.186. The zero-order valence-electron chi connectivity index (χ0n) is 24.0. The smallest absolute Gasteiger partial charge is 0.135 e. The first-order valence-electron chi connectivity index (χ1n) is 15.0. The minimum atomic E-state index is -0.168. The molecule has 0 saturated carbocycles. The summed E-state index contributed by atoms with van der Waals surface area (Å²) < 4.78 is 8.84. The minimum Gasteiger partial charge on any atom is -0.456 e. The van der Waals surface area contributed by atoms with Crippen molar-refractivity contribution in [3.8, 4) is 16.8 Å². The van der Waals surface area contributed by atoms with Crippen molar-refractivity contribution >= 4 is 65.3 Å². The molecule has 0 atom stereocenters. The van der Waals surface area contributed by atoms with E-state index in [9.17, 15) is 0 Å². The maximum absolute atomic E-state index is 6.34. The lowest BCUT2D eigenvalue weighted by molar-refractivity contribution is 0.647. The SMILES string of the molecule is CC1(C)c2cc3oc4ccccc4c3cc2-c2cc3c4ccccc4n(-c4cc5ccccc5c5ccccc45)c3cc21. The van der Waals surface area contributed by atoms with Gasteiger partial charge in [-0.05, 0) is 80.9 Å². The first kappa shape index (κ1) is 23.2. The van der Waals surface area contributed by atoms with E-state index < -0.39 is 0 Å². The molecule has 0 N–H and O–H groups in total. The molecule has 1 aliphatic carbocycles. The first-order valence-corrected chi connectivity index (χ1v) is 15.0. The average Bonchev–Trinajstić information content (AvgIpc) is 3.64. The molecule has 1 aliphatic rings. The van der Waals surface area contributed by atoms with E-state index in [4.69, 9.17) is 4.42 Å². The molecule has 2 nitrogen and oxygen atoms in total. The molecule has 7 aromatic carbocycles. The first-order chi connectivity index (χ1) is 21.1. The zero-order chi connectivity index (χ0) is 28.4. The van der Waals surface area contributed by atoms with Gasteiger partial charge in [0.25, 0.3) is 0 Å². The Morgan fingerprint density at radius 2 is 1.09 bits per heavy atom. The Morgan fingerprint density at radius 3 is 1.93 bits per heavy atom. The van der Waals surface area contributed by atoms with E-state index in [-0.39, 0.29) is 5.41 Å². The number of hydrogen-bond acceptors (Lipinski definition) is 1. The molecule has 0 bridgehead atoms. The Bertz CT molecular complexity index is 2650. The van der Waals surface area contributed by atoms with E-state index in [2.05, 4.69) is 140 Å². The molecule has 2 heteroatoms. The Hall–Kier alpha value is -5.34. The Labute approximate surface area is 248 Å². The van der Waals surface area contributed by atoms with E-state index in [0.29, 0.717) is 0 Å². The number of para-hydroxylation sites is 2. The third-order valence-corrected chi connectivity index (χ3v) is 9.95. The summed E-state index contributed by atoms with van der Waals surface area (Å²) in [5.74, 6) is 0. The summed E-state index contributed by atoms with van der Waals surface area (Å²) in [6.07, 6.45) is 0. The van der Waals surface area contributed by atoms with Gasteiger partial charge in [0.1, 0.15) is 11.2 Å². The molecule has 0 aliphatic heterocycles. The fourth-order valence-corrected chi connectivity index (χ4v) is 7.89. The maximum atomic E-state index is 6.34. The van der Waals surface area contributed by atoms with Crippen LogP contribution in [0.3, 0.4) is 0 Å². The van der Waals surface area contributed by atoms with Crippen LogP contribution in [0.15, 0.2) is 132 Å². The molecule has 202 valence electrons. The molecule has 0 fully saturated rings. The van der Waals surface area contributed by atoms with Crippen molar-refractivity contribution < 1.29 is 4.42 Å². The molecule has 0 radical (unpaired) electrons. The number of rotatable bonds is 1. The van der Waals surface area contributed by atoms with Gasteiger partial charge in [0.05, 0.1) is 16.7 Å². The Balaban J connectivity index is 1.33. The van der Waals surface area contributed by atoms with Crippen molar-refractivity contribution in [3.63, 3.8) is 0 Å². The Morgan fingerprint density at radius 1 is 0.465 bits per heavy atom. The van der Waals surface area contributed by atoms with E-state index >= 15 is 0 Å². The van der Waals surface area contributed by atoms with Crippen molar-refractivity contribution in [2.24, 2.45) is 0 Å². The lowest BCUT2D eigenvalue weighted by Gasteiger charge is -2.22. The summed E-state index contributed by atoms with van der Waals surface area (Å²) in [7, 11) is 0. The minimum absolute atomic E-state index is 0.168. The molecule has 9 aromatic rings. The zero-order valence-corrected chi connectivity index (χ0v) is 24.0. The van der Waals surface area contributed by atoms with Crippen molar-refractivity contribution in [2.45, 2.75) is 19.3 Å². The van der Waals surface area contributed by atoms with Crippen LogP contribution in [-0.2, 0) is 5.41 Å². The van der Waals surface area contributed by atoms with Gasteiger partial charge in [0, 0.05) is 32.3 Å². The molecule has 0 amide bonds. The second-order valence-corrected chi connectivity index (χ2v) is 12.5. The molecule has 0 saturated heterocycles. The predicted octanol–water partition coefficient (Wildman–Crippen LogP) is 11.3. The van der Waals surface area contributed by atoms with Crippen LogP contribution in [0.1, 0.15) is 25.0 Å². The van der Waals surface area contributed by atoms with Gasteiger partial charge in [-0.1, -0.05) is 98.8 Å². The van der Waals surface area contributed by atoms with Crippen LogP contribution in [0.2, 0.25) is 0 Å². The topological polar surface area (TPSA) is 18.1 Å². The summed E-state index contributed by atoms with van der Waals surface area (Å²) in [4.78, 5) is 0. The van der Waals surface area contributed by atoms with Gasteiger partial charge in [-0.2, -0.15) is 0 Å². The highest BCUT2D eigenvalue weighted by Gasteiger charge is 2.37. The maximum Gasteiger partial charge on any atom is 0.135 e. The second-order valence-electron chi connectivity index (χ2n) is 12.5. The van der Waals surface area contributed by atoms with Crippen LogP contribution in [0, 0.1) is 0 Å². The summed E-state index contributed by atoms with van der Waals surface area (Å²) in [5.41, 5.74) is 10.8. The third kappa shape index (κ3) is 2.93. The average molecular weight is 550 g/mol. The second kappa shape index (κ2) is 7.93. The van der Waals surface area contributed by atoms with Gasteiger partial charge in [-0.25, -0.2) is 0 Å². The fourth-order valence-electron chi connectivity index (χ4n) is 7.89. The van der Waals surface area contributed by atoms with E-state index in [1.165, 1.54) is 82.1 Å². The monoisotopic (exact) mass is 549 g/mol. The summed E-state index contributed by atoms with van der Waals surface area (Å²) in [6.45, 7) is 4.72. The third-order valence-electron chi connectivity index (χ3n) is 9.95. The molecule has 2 aromatic heterocycles. The fraction of sp³-hybridized carbons (Fsp3) is 0.0732. The van der Waals surface area contributed by atoms with Crippen LogP contribution in [-0.4, -0.2) is 4.57 Å². The predicted molar refractivity (Wildman–Crippen MR) is 181 cm³/mol. The van der Waals surface area contributed by atoms with Crippen LogP contribution >= 0.6 is 0 Å². The molecular weight excluding hydrogens is 522 g/mol. The van der Waals surface area contributed by atoms with Gasteiger partial charge >= 0.3 is 0 Å². The van der Waals surface area contributed by atoms with E-state index in [0.717, 1.165) is 11.2 Å². The Kier molecular flexibility index (Phi) is 4.29. The van der Waals surface area contributed by atoms with Gasteiger partial charge in [-0.15, -0.1) is 0 Å². The molecule has 0 spiro atoms. The molecule has 10 rings (SSSR count). The largest absolute Gasteiger partial charge is 0.456 e. The molecule has 43 heavy (non-hydrogen) atoms. The number of benzene rings is 7. The van der Waals surface area contributed by atoms with Crippen LogP contribution in [0.4, 0.5) is 0 Å². The summed E-state index contributed by atoms with van der Waals surface area (Å²) in [5, 5.41) is 10.0. The van der Waals surface area contributed by atoms with Crippen LogP contribution in [0.5, 0.6) is 0 Å². The van der Waals surface area contributed by atoms with E-state index in [1.807, 2.05) is 6.07 Å². The van der Waals surface area contributed by atoms with E-state index in [1.54, 1.807) is 0 Å².